The van der Waals surface area contributed by atoms with Gasteiger partial charge in [-0.25, -0.2) is 0 Å². The molecule has 0 amide bonds. The Bertz CT molecular complexity index is 436. The Morgan fingerprint density at radius 1 is 0.938 bits per heavy atom. The van der Waals surface area contributed by atoms with Crippen molar-refractivity contribution >= 4 is 11.6 Å². The van der Waals surface area contributed by atoms with Crippen LogP contribution in [0.2, 0.25) is 5.02 Å². The number of rotatable bonds is 3. The van der Waals surface area contributed by atoms with E-state index in [4.69, 9.17) is 16.3 Å². The second-order valence-corrected chi connectivity index (χ2v) is 4.06. The lowest BCUT2D eigenvalue weighted by Crippen LogP contribution is -2.02. The van der Waals surface area contributed by atoms with Crippen LogP contribution in [0.4, 0.5) is 0 Å². The van der Waals surface area contributed by atoms with E-state index in [2.05, 4.69) is 12.1 Å². The van der Waals surface area contributed by atoms with Crippen molar-refractivity contribution in [3.8, 4) is 5.75 Å². The number of halogens is 1. The maximum Gasteiger partial charge on any atom is 0.121 e. The van der Waals surface area contributed by atoms with E-state index in [-0.39, 0.29) is 6.10 Å². The van der Waals surface area contributed by atoms with Gasteiger partial charge in [0.25, 0.3) is 0 Å². The largest absolute Gasteiger partial charge is 0.486 e. The number of hydrogen-bond donors (Lipinski definition) is 0. The molecular formula is C14H13ClO. The predicted octanol–water partition coefficient (Wildman–Crippen LogP) is 4.48. The molecule has 0 heterocycles. The average molecular weight is 233 g/mol. The van der Waals surface area contributed by atoms with Crippen LogP contribution in [0, 0.1) is 0 Å². The van der Waals surface area contributed by atoms with Gasteiger partial charge in [0.05, 0.1) is 0 Å². The van der Waals surface area contributed by atoms with Crippen molar-refractivity contribution in [1.29, 1.82) is 0 Å². The summed E-state index contributed by atoms with van der Waals surface area (Å²) in [6.07, 6.45) is 0.0439. The fourth-order valence-electron chi connectivity index (χ4n) is 1.51. The van der Waals surface area contributed by atoms with Crippen LogP contribution in [-0.4, -0.2) is 0 Å². The van der Waals surface area contributed by atoms with Gasteiger partial charge in [0, 0.05) is 5.02 Å². The summed E-state index contributed by atoms with van der Waals surface area (Å²) in [7, 11) is 0. The Balaban J connectivity index is 2.08. The van der Waals surface area contributed by atoms with Gasteiger partial charge in [0.2, 0.25) is 0 Å². The third-order valence-corrected chi connectivity index (χ3v) is 2.65. The summed E-state index contributed by atoms with van der Waals surface area (Å²) in [6, 6.07) is 17.5. The van der Waals surface area contributed by atoms with Crippen LogP contribution in [0.1, 0.15) is 18.6 Å². The van der Waals surface area contributed by atoms with E-state index in [1.807, 2.05) is 49.4 Å². The maximum absolute atomic E-state index is 5.81. The van der Waals surface area contributed by atoms with Gasteiger partial charge in [-0.15, -0.1) is 0 Å². The second-order valence-electron chi connectivity index (χ2n) is 3.62. The van der Waals surface area contributed by atoms with Gasteiger partial charge in [-0.2, -0.15) is 0 Å². The van der Waals surface area contributed by atoms with Crippen molar-refractivity contribution in [2.75, 3.05) is 0 Å². The van der Waals surface area contributed by atoms with Crippen molar-refractivity contribution in [3.05, 3.63) is 65.2 Å². The van der Waals surface area contributed by atoms with E-state index >= 15 is 0 Å². The molecule has 0 radical (unpaired) electrons. The third-order valence-electron chi connectivity index (χ3n) is 2.40. The van der Waals surface area contributed by atoms with Gasteiger partial charge >= 0.3 is 0 Å². The molecule has 2 heteroatoms. The van der Waals surface area contributed by atoms with Crippen LogP contribution in [-0.2, 0) is 0 Å². The lowest BCUT2D eigenvalue weighted by Gasteiger charge is -2.14. The average Bonchev–Trinajstić information content (AvgIpc) is 2.33. The summed E-state index contributed by atoms with van der Waals surface area (Å²) >= 11 is 5.81. The highest BCUT2D eigenvalue weighted by Gasteiger charge is 2.05. The van der Waals surface area contributed by atoms with Crippen molar-refractivity contribution in [1.82, 2.24) is 0 Å². The molecule has 0 aromatic heterocycles. The first-order valence-corrected chi connectivity index (χ1v) is 5.60. The molecular weight excluding hydrogens is 220 g/mol. The van der Waals surface area contributed by atoms with Crippen LogP contribution in [0.15, 0.2) is 54.6 Å². The summed E-state index contributed by atoms with van der Waals surface area (Å²) in [5.41, 5.74) is 1.16. The SMILES string of the molecule is C[C@@H](Oc1ccc(Cl)cc1)c1ccccc1. The van der Waals surface area contributed by atoms with Crippen LogP contribution in [0.3, 0.4) is 0 Å². The van der Waals surface area contributed by atoms with Crippen LogP contribution in [0.25, 0.3) is 0 Å². The minimum atomic E-state index is 0.0439. The second kappa shape index (κ2) is 5.04. The standard InChI is InChI=1S/C14H13ClO/c1-11(12-5-3-2-4-6-12)16-14-9-7-13(15)8-10-14/h2-11H,1H3/t11-/m1/s1. The Morgan fingerprint density at radius 2 is 1.56 bits per heavy atom. The highest BCUT2D eigenvalue weighted by atomic mass is 35.5. The zero-order valence-electron chi connectivity index (χ0n) is 9.06. The van der Waals surface area contributed by atoms with Gasteiger partial charge in [-0.3, -0.25) is 0 Å². The van der Waals surface area contributed by atoms with Crippen molar-refractivity contribution in [2.45, 2.75) is 13.0 Å². The van der Waals surface area contributed by atoms with Gasteiger partial charge in [-0.1, -0.05) is 41.9 Å². The molecule has 0 aliphatic rings. The zero-order valence-corrected chi connectivity index (χ0v) is 9.82. The molecule has 0 fully saturated rings. The van der Waals surface area contributed by atoms with E-state index in [0.29, 0.717) is 0 Å². The monoisotopic (exact) mass is 232 g/mol. The Morgan fingerprint density at radius 3 is 2.19 bits per heavy atom. The normalized spacial score (nSPS) is 12.1. The Hall–Kier alpha value is -1.47. The van der Waals surface area contributed by atoms with Gasteiger partial charge in [0.1, 0.15) is 11.9 Å². The summed E-state index contributed by atoms with van der Waals surface area (Å²) in [5, 5.41) is 0.722. The summed E-state index contributed by atoms with van der Waals surface area (Å²) < 4.78 is 5.80. The van der Waals surface area contributed by atoms with Crippen molar-refractivity contribution < 1.29 is 4.74 Å². The third kappa shape index (κ3) is 2.77. The number of benzene rings is 2. The van der Waals surface area contributed by atoms with Crippen LogP contribution >= 0.6 is 11.6 Å². The fourth-order valence-corrected chi connectivity index (χ4v) is 1.64. The summed E-state index contributed by atoms with van der Waals surface area (Å²) in [6.45, 7) is 2.03. The first kappa shape index (κ1) is 11.0. The highest BCUT2D eigenvalue weighted by molar-refractivity contribution is 6.30. The molecule has 0 spiro atoms. The molecule has 16 heavy (non-hydrogen) atoms. The van der Waals surface area contributed by atoms with Crippen LogP contribution < -0.4 is 4.74 Å². The fraction of sp³-hybridized carbons (Fsp3) is 0.143. The molecule has 0 aliphatic carbocycles. The first-order valence-electron chi connectivity index (χ1n) is 5.23. The molecule has 2 rings (SSSR count). The molecule has 0 saturated carbocycles. The quantitative estimate of drug-likeness (QED) is 0.758. The van der Waals surface area contributed by atoms with E-state index in [0.717, 1.165) is 16.3 Å². The van der Waals surface area contributed by atoms with E-state index in [1.54, 1.807) is 0 Å². The van der Waals surface area contributed by atoms with E-state index in [9.17, 15) is 0 Å². The summed E-state index contributed by atoms with van der Waals surface area (Å²) in [5.74, 6) is 0.834. The van der Waals surface area contributed by atoms with E-state index in [1.165, 1.54) is 0 Å². The molecule has 0 N–H and O–H groups in total. The Labute approximate surface area is 101 Å². The molecule has 0 aliphatic heterocycles. The van der Waals surface area contributed by atoms with E-state index < -0.39 is 0 Å². The first-order chi connectivity index (χ1) is 7.75. The lowest BCUT2D eigenvalue weighted by molar-refractivity contribution is 0.227. The van der Waals surface area contributed by atoms with Gasteiger partial charge in [-0.05, 0) is 36.8 Å². The molecule has 2 aromatic carbocycles. The minimum Gasteiger partial charge on any atom is -0.486 e. The van der Waals surface area contributed by atoms with Gasteiger partial charge < -0.3 is 4.74 Å². The predicted molar refractivity (Wildman–Crippen MR) is 66.9 cm³/mol. The Kier molecular flexibility index (Phi) is 3.47. The highest BCUT2D eigenvalue weighted by Crippen LogP contribution is 2.22. The van der Waals surface area contributed by atoms with Crippen molar-refractivity contribution in [3.63, 3.8) is 0 Å². The molecule has 1 atom stereocenters. The van der Waals surface area contributed by atoms with Crippen LogP contribution in [0.5, 0.6) is 5.75 Å². The molecule has 0 saturated heterocycles. The number of ether oxygens (including phenoxy) is 1. The smallest absolute Gasteiger partial charge is 0.121 e. The minimum absolute atomic E-state index is 0.0439. The molecule has 2 aromatic rings. The topological polar surface area (TPSA) is 9.23 Å². The van der Waals surface area contributed by atoms with Gasteiger partial charge in [0.15, 0.2) is 0 Å². The zero-order chi connectivity index (χ0) is 11.4. The number of hydrogen-bond acceptors (Lipinski definition) is 1. The lowest BCUT2D eigenvalue weighted by atomic mass is 10.1. The molecule has 0 unspecified atom stereocenters. The summed E-state index contributed by atoms with van der Waals surface area (Å²) in [4.78, 5) is 0. The molecule has 0 bridgehead atoms. The molecule has 1 nitrogen and oxygen atoms in total. The van der Waals surface area contributed by atoms with Crippen molar-refractivity contribution in [2.24, 2.45) is 0 Å². The maximum atomic E-state index is 5.81. The molecule has 82 valence electrons.